The first-order valence-corrected chi connectivity index (χ1v) is 7.73. The Morgan fingerprint density at radius 3 is 2.64 bits per heavy atom. The van der Waals surface area contributed by atoms with Crippen LogP contribution in [-0.4, -0.2) is 30.8 Å². The van der Waals surface area contributed by atoms with Crippen LogP contribution in [0.4, 0.5) is 14.9 Å². The number of piperidine rings is 1. The Morgan fingerprint density at radius 1 is 1.32 bits per heavy atom. The predicted molar refractivity (Wildman–Crippen MR) is 85.6 cm³/mol. The lowest BCUT2D eigenvalue weighted by Gasteiger charge is -2.38. The van der Waals surface area contributed by atoms with Gasteiger partial charge in [-0.05, 0) is 45.2 Å². The summed E-state index contributed by atoms with van der Waals surface area (Å²) >= 11 is 0. The fraction of sp³-hybridized carbons (Fsp3) is 0.588. The molecule has 0 aliphatic carbocycles. The van der Waals surface area contributed by atoms with Crippen molar-refractivity contribution in [3.8, 4) is 0 Å². The number of nitrogens with zero attached hydrogens (tertiary/aromatic N) is 1. The summed E-state index contributed by atoms with van der Waals surface area (Å²) in [5.74, 6) is 0.140. The molecule has 1 aliphatic rings. The number of para-hydroxylation sites is 1. The van der Waals surface area contributed by atoms with Crippen LogP contribution in [0.2, 0.25) is 0 Å². The zero-order valence-electron chi connectivity index (χ0n) is 13.7. The van der Waals surface area contributed by atoms with Crippen molar-refractivity contribution in [1.29, 1.82) is 0 Å². The molecule has 1 aliphatic heterocycles. The minimum atomic E-state index is -0.518. The van der Waals surface area contributed by atoms with Gasteiger partial charge in [-0.2, -0.15) is 0 Å². The Morgan fingerprint density at radius 2 is 2.00 bits per heavy atom. The molecule has 0 radical (unpaired) electrons. The van der Waals surface area contributed by atoms with E-state index in [-0.39, 0.29) is 11.9 Å². The summed E-state index contributed by atoms with van der Waals surface area (Å²) in [5.41, 5.74) is 0.0697. The van der Waals surface area contributed by atoms with Gasteiger partial charge in [0.2, 0.25) is 0 Å². The second kappa shape index (κ2) is 6.55. The third-order valence-electron chi connectivity index (χ3n) is 3.57. The number of nitrogens with one attached hydrogen (secondary N) is 1. The second-order valence-electron chi connectivity index (χ2n) is 7.04. The molecule has 5 heteroatoms. The number of benzene rings is 1. The Bertz CT molecular complexity index is 528. The standard InChI is InChI=1S/C17H25FN2O2/c1-12-9-13(19-16(21)22-17(2,3)4)11-20(10-12)15-8-6-5-7-14(15)18/h5-8,12-13H,9-11H2,1-4H3,(H,19,21). The quantitative estimate of drug-likeness (QED) is 0.908. The van der Waals surface area contributed by atoms with Gasteiger partial charge in [0.15, 0.2) is 0 Å². The highest BCUT2D eigenvalue weighted by molar-refractivity contribution is 5.68. The molecule has 1 saturated heterocycles. The minimum absolute atomic E-state index is 0.0433. The summed E-state index contributed by atoms with van der Waals surface area (Å²) in [5, 5.41) is 2.90. The molecule has 1 N–H and O–H groups in total. The fourth-order valence-electron chi connectivity index (χ4n) is 2.84. The molecule has 2 unspecified atom stereocenters. The maximum atomic E-state index is 14.0. The lowest BCUT2D eigenvalue weighted by Crippen LogP contribution is -2.51. The van der Waals surface area contributed by atoms with Crippen molar-refractivity contribution in [2.24, 2.45) is 5.92 Å². The number of alkyl carbamates (subject to hydrolysis) is 1. The summed E-state index contributed by atoms with van der Waals surface area (Å²) in [6.07, 6.45) is 0.449. The molecule has 0 spiro atoms. The van der Waals surface area contributed by atoms with Gasteiger partial charge in [0.05, 0.1) is 5.69 Å². The highest BCUT2D eigenvalue weighted by atomic mass is 19.1. The molecule has 2 atom stereocenters. The number of anilines is 1. The van der Waals surface area contributed by atoms with Gasteiger partial charge in [0.1, 0.15) is 11.4 Å². The largest absolute Gasteiger partial charge is 0.444 e. The van der Waals surface area contributed by atoms with Gasteiger partial charge in [-0.1, -0.05) is 19.1 Å². The maximum Gasteiger partial charge on any atom is 0.407 e. The van der Waals surface area contributed by atoms with Crippen LogP contribution in [0.15, 0.2) is 24.3 Å². The summed E-state index contributed by atoms with van der Waals surface area (Å²) in [6, 6.07) is 6.71. The summed E-state index contributed by atoms with van der Waals surface area (Å²) < 4.78 is 19.3. The van der Waals surface area contributed by atoms with Crippen LogP contribution >= 0.6 is 0 Å². The van der Waals surface area contributed by atoms with Crippen LogP contribution in [0.25, 0.3) is 0 Å². The van der Waals surface area contributed by atoms with Gasteiger partial charge >= 0.3 is 6.09 Å². The number of carbonyl (C=O) groups is 1. The van der Waals surface area contributed by atoms with Crippen molar-refractivity contribution in [2.75, 3.05) is 18.0 Å². The van der Waals surface area contributed by atoms with Gasteiger partial charge in [-0.3, -0.25) is 0 Å². The first-order chi connectivity index (χ1) is 10.2. The van der Waals surface area contributed by atoms with Crippen molar-refractivity contribution in [2.45, 2.75) is 45.8 Å². The number of ether oxygens (including phenoxy) is 1. The monoisotopic (exact) mass is 308 g/mol. The molecule has 1 aromatic rings. The van der Waals surface area contributed by atoms with E-state index >= 15 is 0 Å². The number of hydrogen-bond donors (Lipinski definition) is 1. The van der Waals surface area contributed by atoms with Crippen LogP contribution < -0.4 is 10.2 Å². The second-order valence-corrected chi connectivity index (χ2v) is 7.04. The molecule has 0 aromatic heterocycles. The average molecular weight is 308 g/mol. The van der Waals surface area contributed by atoms with E-state index in [0.29, 0.717) is 18.2 Å². The van der Waals surface area contributed by atoms with Crippen LogP contribution in [0, 0.1) is 11.7 Å². The third-order valence-corrected chi connectivity index (χ3v) is 3.57. The molecule has 22 heavy (non-hydrogen) atoms. The molecular formula is C17H25FN2O2. The number of rotatable bonds is 2. The van der Waals surface area contributed by atoms with Crippen molar-refractivity contribution in [3.63, 3.8) is 0 Å². The normalized spacial score (nSPS) is 22.3. The third kappa shape index (κ3) is 4.61. The first kappa shape index (κ1) is 16.6. The van der Waals surface area contributed by atoms with Crippen molar-refractivity contribution in [3.05, 3.63) is 30.1 Å². The summed E-state index contributed by atoms with van der Waals surface area (Å²) in [4.78, 5) is 13.9. The molecule has 1 heterocycles. The molecule has 0 bridgehead atoms. The Balaban J connectivity index is 2.02. The van der Waals surface area contributed by atoms with Gasteiger partial charge in [-0.15, -0.1) is 0 Å². The minimum Gasteiger partial charge on any atom is -0.444 e. The molecule has 1 aromatic carbocycles. The number of hydrogen-bond acceptors (Lipinski definition) is 3. The van der Waals surface area contributed by atoms with E-state index in [1.807, 2.05) is 31.7 Å². The van der Waals surface area contributed by atoms with Gasteiger partial charge in [0.25, 0.3) is 0 Å². The van der Waals surface area contributed by atoms with Gasteiger partial charge in [-0.25, -0.2) is 9.18 Å². The molecule has 2 rings (SSSR count). The maximum absolute atomic E-state index is 14.0. The van der Waals surface area contributed by atoms with Crippen LogP contribution in [0.1, 0.15) is 34.1 Å². The van der Waals surface area contributed by atoms with E-state index in [1.165, 1.54) is 6.07 Å². The average Bonchev–Trinajstić information content (AvgIpc) is 2.35. The van der Waals surface area contributed by atoms with Crippen molar-refractivity contribution in [1.82, 2.24) is 5.32 Å². The highest BCUT2D eigenvalue weighted by Crippen LogP contribution is 2.25. The zero-order valence-corrected chi connectivity index (χ0v) is 13.7. The number of halogens is 1. The fourth-order valence-corrected chi connectivity index (χ4v) is 2.84. The van der Waals surface area contributed by atoms with Gasteiger partial charge < -0.3 is 15.0 Å². The summed E-state index contributed by atoms with van der Waals surface area (Å²) in [6.45, 7) is 8.99. The van der Waals surface area contributed by atoms with E-state index in [0.717, 1.165) is 13.0 Å². The molecule has 122 valence electrons. The number of carbonyl (C=O) groups excluding carboxylic acids is 1. The molecular weight excluding hydrogens is 283 g/mol. The van der Waals surface area contributed by atoms with E-state index in [2.05, 4.69) is 12.2 Å². The molecule has 0 saturated carbocycles. The zero-order chi connectivity index (χ0) is 16.3. The molecule has 1 amide bonds. The molecule has 4 nitrogen and oxygen atoms in total. The molecule has 1 fully saturated rings. The topological polar surface area (TPSA) is 41.6 Å². The van der Waals surface area contributed by atoms with E-state index in [4.69, 9.17) is 4.74 Å². The predicted octanol–water partition coefficient (Wildman–Crippen LogP) is 3.57. The Kier molecular flexibility index (Phi) is 4.94. The Hall–Kier alpha value is -1.78. The van der Waals surface area contributed by atoms with E-state index in [1.54, 1.807) is 12.1 Å². The summed E-state index contributed by atoms with van der Waals surface area (Å²) in [7, 11) is 0. The van der Waals surface area contributed by atoms with Crippen molar-refractivity contribution >= 4 is 11.8 Å². The Labute approximate surface area is 131 Å². The SMILES string of the molecule is CC1CC(NC(=O)OC(C)(C)C)CN(c2ccccc2F)C1. The van der Waals surface area contributed by atoms with Crippen LogP contribution in [0.5, 0.6) is 0 Å². The lowest BCUT2D eigenvalue weighted by atomic mass is 9.95. The first-order valence-electron chi connectivity index (χ1n) is 7.73. The van der Waals surface area contributed by atoms with E-state index < -0.39 is 11.7 Å². The van der Waals surface area contributed by atoms with Crippen LogP contribution in [0.3, 0.4) is 0 Å². The number of amides is 1. The highest BCUT2D eigenvalue weighted by Gasteiger charge is 2.28. The van der Waals surface area contributed by atoms with Gasteiger partial charge in [0, 0.05) is 19.1 Å². The lowest BCUT2D eigenvalue weighted by molar-refractivity contribution is 0.0495. The van der Waals surface area contributed by atoms with Crippen molar-refractivity contribution < 1.29 is 13.9 Å². The van der Waals surface area contributed by atoms with E-state index in [9.17, 15) is 9.18 Å². The smallest absolute Gasteiger partial charge is 0.407 e. The van der Waals surface area contributed by atoms with Crippen LogP contribution in [-0.2, 0) is 4.74 Å².